The molecule has 3 nitrogen and oxygen atoms in total. The molecule has 1 aliphatic rings. The largest absolute Gasteiger partial charge is 0.395 e. The van der Waals surface area contributed by atoms with Crippen LogP contribution in [0.3, 0.4) is 0 Å². The second kappa shape index (κ2) is 7.09. The van der Waals surface area contributed by atoms with Crippen LogP contribution in [0.2, 0.25) is 0 Å². The molecule has 0 saturated heterocycles. The van der Waals surface area contributed by atoms with E-state index in [0.29, 0.717) is 5.56 Å². The minimum absolute atomic E-state index is 0.0192. The highest BCUT2D eigenvalue weighted by molar-refractivity contribution is 5.84. The van der Waals surface area contributed by atoms with Crippen molar-refractivity contribution in [3.63, 3.8) is 0 Å². The summed E-state index contributed by atoms with van der Waals surface area (Å²) >= 11 is 0. The molecule has 1 saturated carbocycles. The van der Waals surface area contributed by atoms with Gasteiger partial charge in [-0.3, -0.25) is 4.79 Å². The highest BCUT2D eigenvalue weighted by Crippen LogP contribution is 2.32. The van der Waals surface area contributed by atoms with Crippen molar-refractivity contribution in [3.05, 3.63) is 71.3 Å². The molecule has 0 bridgehead atoms. The number of carbonyl (C=O) groups is 1. The smallest absolute Gasteiger partial charge is 0.233 e. The third-order valence-electron chi connectivity index (χ3n) is 4.34. The zero-order chi connectivity index (χ0) is 17.1. The van der Waals surface area contributed by atoms with Crippen LogP contribution in [-0.4, -0.2) is 28.6 Å². The monoisotopic (exact) mass is 331 g/mol. The Morgan fingerprint density at radius 2 is 1.71 bits per heavy atom. The molecule has 2 aromatic rings. The quantitative estimate of drug-likeness (QED) is 0.883. The number of nitrogens with zero attached hydrogens (tertiary/aromatic N) is 1. The second-order valence-electron chi connectivity index (χ2n) is 6.04. The van der Waals surface area contributed by atoms with Crippen LogP contribution in [0.5, 0.6) is 0 Å². The average molecular weight is 331 g/mol. The fourth-order valence-electron chi connectivity index (χ4n) is 2.84. The van der Waals surface area contributed by atoms with E-state index in [4.69, 9.17) is 0 Å². The van der Waals surface area contributed by atoms with Gasteiger partial charge >= 0.3 is 0 Å². The number of aliphatic hydroxyl groups is 1. The van der Waals surface area contributed by atoms with E-state index in [1.807, 2.05) is 6.07 Å². The number of hydrogen-bond donors (Lipinski definition) is 1. The molecule has 0 radical (unpaired) electrons. The third-order valence-corrected chi connectivity index (χ3v) is 4.34. The number of halogens is 2. The van der Waals surface area contributed by atoms with Gasteiger partial charge in [-0.1, -0.05) is 36.4 Å². The fraction of sp³-hybridized carbons (Fsp3) is 0.316. The van der Waals surface area contributed by atoms with E-state index >= 15 is 0 Å². The molecular weight excluding hydrogens is 312 g/mol. The summed E-state index contributed by atoms with van der Waals surface area (Å²) in [7, 11) is 0. The summed E-state index contributed by atoms with van der Waals surface area (Å²) in [6.45, 7) is -0.461. The molecule has 2 aromatic carbocycles. The summed E-state index contributed by atoms with van der Waals surface area (Å²) in [5.41, 5.74) is 0.590. The summed E-state index contributed by atoms with van der Waals surface area (Å²) in [4.78, 5) is 14.4. The summed E-state index contributed by atoms with van der Waals surface area (Å²) in [5, 5.41) is 9.68. The normalized spacial score (nSPS) is 15.1. The molecule has 0 aromatic heterocycles. The Bertz CT molecular complexity index is 696. The van der Waals surface area contributed by atoms with Crippen LogP contribution in [0.1, 0.15) is 29.9 Å². The van der Waals surface area contributed by atoms with Crippen molar-refractivity contribution in [2.24, 2.45) is 0 Å². The van der Waals surface area contributed by atoms with E-state index in [0.717, 1.165) is 12.8 Å². The first-order valence-corrected chi connectivity index (χ1v) is 8.01. The molecule has 5 heteroatoms. The van der Waals surface area contributed by atoms with Crippen LogP contribution in [0, 0.1) is 11.6 Å². The number of amides is 1. The van der Waals surface area contributed by atoms with Crippen LogP contribution in [0.15, 0.2) is 48.5 Å². The number of rotatable bonds is 6. The highest BCUT2D eigenvalue weighted by Gasteiger charge is 2.37. The Labute approximate surface area is 139 Å². The Morgan fingerprint density at radius 1 is 1.08 bits per heavy atom. The maximum absolute atomic E-state index is 13.9. The standard InChI is InChI=1S/C19H19F2NO2/c20-17-7-4-8-18(21)15(17)11-22(14-9-10-14)19(24)16(12-23)13-5-2-1-3-6-13/h1-8,14,16,23H,9-12H2. The first-order chi connectivity index (χ1) is 11.6. The molecular formula is C19H19F2NO2. The number of carbonyl (C=O) groups excluding carboxylic acids is 1. The molecule has 1 N–H and O–H groups in total. The van der Waals surface area contributed by atoms with Crippen LogP contribution in [0.4, 0.5) is 8.78 Å². The molecule has 0 heterocycles. The summed E-state index contributed by atoms with van der Waals surface area (Å²) < 4.78 is 27.9. The van der Waals surface area contributed by atoms with Crippen LogP contribution < -0.4 is 0 Å². The van der Waals surface area contributed by atoms with Gasteiger partial charge in [-0.15, -0.1) is 0 Å². The van der Waals surface area contributed by atoms with E-state index in [-0.39, 0.29) is 30.7 Å². The molecule has 1 unspecified atom stereocenters. The van der Waals surface area contributed by atoms with E-state index in [1.54, 1.807) is 24.3 Å². The van der Waals surface area contributed by atoms with Gasteiger partial charge in [-0.25, -0.2) is 8.78 Å². The Morgan fingerprint density at radius 3 is 2.25 bits per heavy atom. The maximum atomic E-state index is 13.9. The molecule has 0 aliphatic heterocycles. The minimum atomic E-state index is -0.721. The lowest BCUT2D eigenvalue weighted by molar-refractivity contribution is -0.135. The van der Waals surface area contributed by atoms with E-state index in [9.17, 15) is 18.7 Å². The summed E-state index contributed by atoms with van der Waals surface area (Å²) in [6, 6.07) is 12.6. The fourth-order valence-corrected chi connectivity index (χ4v) is 2.84. The molecule has 24 heavy (non-hydrogen) atoms. The summed E-state index contributed by atoms with van der Waals surface area (Å²) in [6.07, 6.45) is 1.63. The van der Waals surface area contributed by atoms with Gasteiger partial charge in [0.25, 0.3) is 0 Å². The average Bonchev–Trinajstić information content (AvgIpc) is 3.41. The van der Waals surface area contributed by atoms with Crippen molar-refractivity contribution in [1.29, 1.82) is 0 Å². The number of aliphatic hydroxyl groups excluding tert-OH is 1. The van der Waals surface area contributed by atoms with E-state index < -0.39 is 17.6 Å². The van der Waals surface area contributed by atoms with Gasteiger partial charge in [0.1, 0.15) is 11.6 Å². The minimum Gasteiger partial charge on any atom is -0.395 e. The highest BCUT2D eigenvalue weighted by atomic mass is 19.1. The zero-order valence-electron chi connectivity index (χ0n) is 13.2. The Kier molecular flexibility index (Phi) is 4.90. The van der Waals surface area contributed by atoms with Gasteiger partial charge < -0.3 is 10.0 Å². The van der Waals surface area contributed by atoms with Crippen LogP contribution in [-0.2, 0) is 11.3 Å². The van der Waals surface area contributed by atoms with Crippen LogP contribution in [0.25, 0.3) is 0 Å². The molecule has 1 amide bonds. The van der Waals surface area contributed by atoms with Gasteiger partial charge in [-0.2, -0.15) is 0 Å². The van der Waals surface area contributed by atoms with Gasteiger partial charge in [0.2, 0.25) is 5.91 Å². The van der Waals surface area contributed by atoms with Gasteiger partial charge in [0.05, 0.1) is 19.1 Å². The zero-order valence-corrected chi connectivity index (χ0v) is 13.2. The van der Waals surface area contributed by atoms with Crippen molar-refractivity contribution in [1.82, 2.24) is 4.90 Å². The predicted octanol–water partition coefficient (Wildman–Crippen LogP) is 3.23. The maximum Gasteiger partial charge on any atom is 0.233 e. The molecule has 0 spiro atoms. The Balaban J connectivity index is 1.86. The molecule has 126 valence electrons. The molecule has 1 atom stereocenters. The molecule has 1 fully saturated rings. The first-order valence-electron chi connectivity index (χ1n) is 8.01. The molecule has 3 rings (SSSR count). The number of benzene rings is 2. The van der Waals surface area contributed by atoms with Crippen molar-refractivity contribution in [2.45, 2.75) is 31.3 Å². The summed E-state index contributed by atoms with van der Waals surface area (Å²) in [5.74, 6) is -2.34. The SMILES string of the molecule is O=C(C(CO)c1ccccc1)N(Cc1c(F)cccc1F)C1CC1. The van der Waals surface area contributed by atoms with Crippen LogP contribution >= 0.6 is 0 Å². The van der Waals surface area contributed by atoms with Gasteiger partial charge in [0.15, 0.2) is 0 Å². The topological polar surface area (TPSA) is 40.5 Å². The Hall–Kier alpha value is -2.27. The van der Waals surface area contributed by atoms with Crippen molar-refractivity contribution < 1.29 is 18.7 Å². The lowest BCUT2D eigenvalue weighted by Crippen LogP contribution is -2.38. The lowest BCUT2D eigenvalue weighted by Gasteiger charge is -2.27. The van der Waals surface area contributed by atoms with E-state index in [2.05, 4.69) is 0 Å². The van der Waals surface area contributed by atoms with E-state index in [1.165, 1.54) is 23.1 Å². The number of hydrogen-bond acceptors (Lipinski definition) is 2. The predicted molar refractivity (Wildman–Crippen MR) is 86.2 cm³/mol. The van der Waals surface area contributed by atoms with Crippen molar-refractivity contribution in [2.75, 3.05) is 6.61 Å². The lowest BCUT2D eigenvalue weighted by atomic mass is 9.98. The third kappa shape index (κ3) is 3.46. The van der Waals surface area contributed by atoms with Crippen molar-refractivity contribution in [3.8, 4) is 0 Å². The molecule has 1 aliphatic carbocycles. The second-order valence-corrected chi connectivity index (χ2v) is 6.04. The first kappa shape index (κ1) is 16.6. The van der Waals surface area contributed by atoms with Gasteiger partial charge in [-0.05, 0) is 30.5 Å². The van der Waals surface area contributed by atoms with Crippen molar-refractivity contribution >= 4 is 5.91 Å². The van der Waals surface area contributed by atoms with Gasteiger partial charge in [0, 0.05) is 11.6 Å².